The Morgan fingerprint density at radius 1 is 1.14 bits per heavy atom. The van der Waals surface area contributed by atoms with Crippen LogP contribution in [-0.4, -0.2) is 39.3 Å². The molecule has 3 aromatic rings. The van der Waals surface area contributed by atoms with Crippen molar-refractivity contribution in [1.82, 2.24) is 19.9 Å². The molecule has 1 aliphatic rings. The molecule has 0 unspecified atom stereocenters. The first kappa shape index (κ1) is 25.8. The number of benzene rings is 1. The van der Waals surface area contributed by atoms with Crippen molar-refractivity contribution >= 4 is 7.60 Å². The summed E-state index contributed by atoms with van der Waals surface area (Å²) in [5, 5.41) is 9.01. The van der Waals surface area contributed by atoms with Crippen LogP contribution in [0.25, 0.3) is 23.0 Å². The first-order valence-corrected chi connectivity index (χ1v) is 14.2. The van der Waals surface area contributed by atoms with Gasteiger partial charge in [-0.25, -0.2) is 0 Å². The quantitative estimate of drug-likeness (QED) is 0.329. The van der Waals surface area contributed by atoms with Crippen LogP contribution in [0.3, 0.4) is 0 Å². The van der Waals surface area contributed by atoms with Crippen molar-refractivity contribution in [3.05, 3.63) is 40.1 Å². The Morgan fingerprint density at radius 2 is 1.80 bits per heavy atom. The summed E-state index contributed by atoms with van der Waals surface area (Å²) in [6, 6.07) is 4.11. The van der Waals surface area contributed by atoms with Gasteiger partial charge in [-0.05, 0) is 87.6 Å². The van der Waals surface area contributed by atoms with Crippen LogP contribution in [0.4, 0.5) is 0 Å². The van der Waals surface area contributed by atoms with Gasteiger partial charge in [-0.2, -0.15) is 10.1 Å². The Labute approximate surface area is 207 Å². The molecule has 0 saturated carbocycles. The first-order valence-electron chi connectivity index (χ1n) is 12.4. The Bertz CT molecular complexity index is 1230. The zero-order valence-electron chi connectivity index (χ0n) is 22.0. The maximum Gasteiger partial charge on any atom is 0.330 e. The first-order chi connectivity index (χ1) is 16.6. The summed E-state index contributed by atoms with van der Waals surface area (Å²) in [4.78, 5) is 4.72. The molecule has 9 heteroatoms. The van der Waals surface area contributed by atoms with Crippen molar-refractivity contribution in [2.24, 2.45) is 12.5 Å². The van der Waals surface area contributed by atoms with E-state index in [9.17, 15) is 4.57 Å². The molecule has 0 fully saturated rings. The van der Waals surface area contributed by atoms with Gasteiger partial charge < -0.3 is 13.6 Å². The van der Waals surface area contributed by atoms with Gasteiger partial charge in [-0.1, -0.05) is 19.0 Å². The molecule has 0 radical (unpaired) electrons. The minimum atomic E-state index is -3.09. The fourth-order valence-electron chi connectivity index (χ4n) is 5.03. The molecule has 0 saturated heterocycles. The van der Waals surface area contributed by atoms with E-state index in [1.54, 1.807) is 0 Å². The predicted octanol–water partition coefficient (Wildman–Crippen LogP) is 6.08. The van der Waals surface area contributed by atoms with Crippen LogP contribution in [0.5, 0.6) is 0 Å². The molecule has 0 aliphatic heterocycles. The lowest BCUT2D eigenvalue weighted by Gasteiger charge is -2.29. The highest BCUT2D eigenvalue weighted by molar-refractivity contribution is 7.53. The standard InChI is InChI=1S/C26H37N4O4P/c1-8-32-35(31,33-9-2)13-11-20-17(3)14-19(15-18(20)4)24-27-25(34-29-24)23-21-10-12-26(5,6)16-22(21)30(7)28-23/h14-15H,8-13,16H2,1-7H3. The average Bonchev–Trinajstić information content (AvgIpc) is 3.38. The van der Waals surface area contributed by atoms with Crippen molar-refractivity contribution in [3.8, 4) is 23.0 Å². The second-order valence-corrected chi connectivity index (χ2v) is 12.4. The normalized spacial score (nSPS) is 15.4. The van der Waals surface area contributed by atoms with Crippen LogP contribution in [0, 0.1) is 19.3 Å². The zero-order chi connectivity index (χ0) is 25.4. The average molecular weight is 501 g/mol. The lowest BCUT2D eigenvalue weighted by Crippen LogP contribution is -2.23. The molecule has 8 nitrogen and oxygen atoms in total. The van der Waals surface area contributed by atoms with E-state index in [0.717, 1.165) is 47.2 Å². The number of aromatic nitrogens is 4. The molecule has 0 N–H and O–H groups in total. The number of hydrogen-bond donors (Lipinski definition) is 0. The molecule has 2 heterocycles. The minimum absolute atomic E-state index is 0.272. The molecule has 0 bridgehead atoms. The van der Waals surface area contributed by atoms with Gasteiger partial charge in [0.1, 0.15) is 0 Å². The third-order valence-electron chi connectivity index (χ3n) is 6.84. The summed E-state index contributed by atoms with van der Waals surface area (Å²) < 4.78 is 31.4. The molecule has 190 valence electrons. The van der Waals surface area contributed by atoms with Gasteiger partial charge in [0, 0.05) is 23.9 Å². The van der Waals surface area contributed by atoms with Crippen LogP contribution in [0.15, 0.2) is 16.7 Å². The van der Waals surface area contributed by atoms with Crippen LogP contribution in [-0.2, 0) is 39.9 Å². The van der Waals surface area contributed by atoms with Crippen molar-refractivity contribution in [3.63, 3.8) is 0 Å². The van der Waals surface area contributed by atoms with Crippen LogP contribution < -0.4 is 0 Å². The summed E-state index contributed by atoms with van der Waals surface area (Å²) in [5.74, 6) is 1.01. The largest absolute Gasteiger partial charge is 0.332 e. The molecule has 0 spiro atoms. The van der Waals surface area contributed by atoms with Crippen LogP contribution in [0.2, 0.25) is 0 Å². The Hall–Kier alpha value is -2.28. The number of nitrogens with zero attached hydrogens (tertiary/aromatic N) is 4. The van der Waals surface area contributed by atoms with Crippen molar-refractivity contribution in [2.45, 2.75) is 67.2 Å². The van der Waals surface area contributed by atoms with Gasteiger partial charge in [0.05, 0.1) is 19.4 Å². The Balaban J connectivity index is 1.57. The fourth-order valence-corrected chi connectivity index (χ4v) is 6.64. The lowest BCUT2D eigenvalue weighted by atomic mass is 9.76. The second kappa shape index (κ2) is 10.00. The molecular formula is C26H37N4O4P. The van der Waals surface area contributed by atoms with Crippen molar-refractivity contribution in [1.29, 1.82) is 0 Å². The molecule has 1 aliphatic carbocycles. The zero-order valence-corrected chi connectivity index (χ0v) is 22.9. The summed E-state index contributed by atoms with van der Waals surface area (Å²) in [7, 11) is -1.10. The molecule has 1 aromatic carbocycles. The predicted molar refractivity (Wildman–Crippen MR) is 137 cm³/mol. The van der Waals surface area contributed by atoms with E-state index >= 15 is 0 Å². The van der Waals surface area contributed by atoms with Crippen molar-refractivity contribution in [2.75, 3.05) is 19.4 Å². The van der Waals surface area contributed by atoms with Gasteiger partial charge >= 0.3 is 7.60 Å². The van der Waals surface area contributed by atoms with Crippen molar-refractivity contribution < 1.29 is 18.1 Å². The minimum Gasteiger partial charge on any atom is -0.332 e. The van der Waals surface area contributed by atoms with E-state index in [-0.39, 0.29) is 5.41 Å². The molecule has 2 aromatic heterocycles. The molecule has 0 atom stereocenters. The number of aryl methyl sites for hydroxylation is 3. The highest BCUT2D eigenvalue weighted by atomic mass is 31.2. The van der Waals surface area contributed by atoms with Gasteiger partial charge in [0.2, 0.25) is 5.82 Å². The summed E-state index contributed by atoms with van der Waals surface area (Å²) in [5.41, 5.74) is 7.74. The van der Waals surface area contributed by atoms with Gasteiger partial charge in [0.25, 0.3) is 5.89 Å². The SMILES string of the molecule is CCOP(=O)(CCc1c(C)cc(-c2noc(-c3nn(C)c4c3CCC(C)(C)C4)n2)cc1C)OCC. The van der Waals surface area contributed by atoms with Gasteiger partial charge in [-0.3, -0.25) is 9.25 Å². The number of rotatable bonds is 9. The van der Waals surface area contributed by atoms with E-state index in [1.165, 1.54) is 11.3 Å². The number of hydrogen-bond acceptors (Lipinski definition) is 7. The smallest absolute Gasteiger partial charge is 0.330 e. The van der Waals surface area contributed by atoms with E-state index in [0.29, 0.717) is 37.5 Å². The summed E-state index contributed by atoms with van der Waals surface area (Å²) in [6.07, 6.45) is 4.03. The topological polar surface area (TPSA) is 92.3 Å². The highest BCUT2D eigenvalue weighted by Crippen LogP contribution is 2.48. The van der Waals surface area contributed by atoms with Crippen LogP contribution >= 0.6 is 7.60 Å². The maximum atomic E-state index is 12.9. The highest BCUT2D eigenvalue weighted by Gasteiger charge is 2.32. The molecule has 0 amide bonds. The van der Waals surface area contributed by atoms with Crippen LogP contribution in [0.1, 0.15) is 62.1 Å². The van der Waals surface area contributed by atoms with E-state index < -0.39 is 7.60 Å². The fraction of sp³-hybridized carbons (Fsp3) is 0.577. The third kappa shape index (κ3) is 5.45. The lowest BCUT2D eigenvalue weighted by molar-refractivity contribution is 0.220. The molecule has 4 rings (SSSR count). The van der Waals surface area contributed by atoms with E-state index in [4.69, 9.17) is 23.7 Å². The Morgan fingerprint density at radius 3 is 2.43 bits per heavy atom. The molecule has 35 heavy (non-hydrogen) atoms. The van der Waals surface area contributed by atoms with Gasteiger partial charge in [-0.15, -0.1) is 0 Å². The second-order valence-electron chi connectivity index (χ2n) is 10.2. The summed E-state index contributed by atoms with van der Waals surface area (Å²) >= 11 is 0. The Kier molecular flexibility index (Phi) is 7.37. The molecular weight excluding hydrogens is 463 g/mol. The van der Waals surface area contributed by atoms with Gasteiger partial charge in [0.15, 0.2) is 5.69 Å². The van der Waals surface area contributed by atoms with E-state index in [1.807, 2.05) is 25.6 Å². The maximum absolute atomic E-state index is 12.9. The monoisotopic (exact) mass is 500 g/mol. The van der Waals surface area contributed by atoms with E-state index in [2.05, 4.69) is 45.0 Å². The summed E-state index contributed by atoms with van der Waals surface area (Å²) in [6.45, 7) is 13.1. The third-order valence-corrected chi connectivity index (χ3v) is 8.92. The number of fused-ring (bicyclic) bond motifs is 1.